The molecular weight excluding hydrogens is 378 g/mol. The maximum atomic E-state index is 12.7. The molecule has 0 fully saturated rings. The summed E-state index contributed by atoms with van der Waals surface area (Å²) in [6.07, 6.45) is 2.50. The van der Waals surface area contributed by atoms with Gasteiger partial charge in [-0.3, -0.25) is 9.19 Å². The van der Waals surface area contributed by atoms with Crippen LogP contribution in [0, 0.1) is 6.92 Å². The van der Waals surface area contributed by atoms with Crippen molar-refractivity contribution in [3.8, 4) is 5.75 Å². The molecule has 0 amide bonds. The van der Waals surface area contributed by atoms with E-state index in [4.69, 9.17) is 9.47 Å². The van der Waals surface area contributed by atoms with Crippen LogP contribution in [0.3, 0.4) is 0 Å². The van der Waals surface area contributed by atoms with Gasteiger partial charge in [-0.05, 0) is 23.8 Å². The molecule has 0 radical (unpaired) electrons. The monoisotopic (exact) mass is 399 g/mol. The first-order valence-electron chi connectivity index (χ1n) is 8.13. The Hall–Kier alpha value is -0.860. The van der Waals surface area contributed by atoms with Crippen molar-refractivity contribution in [2.24, 2.45) is 0 Å². The van der Waals surface area contributed by atoms with Gasteiger partial charge in [-0.25, -0.2) is 0 Å². The molecule has 0 saturated carbocycles. The van der Waals surface area contributed by atoms with Crippen LogP contribution in [-0.2, 0) is 21.3 Å². The van der Waals surface area contributed by atoms with E-state index in [1.54, 1.807) is 13.3 Å². The molecule has 0 bridgehead atoms. The fourth-order valence-electron chi connectivity index (χ4n) is 2.52. The number of para-hydroxylation sites is 2. The van der Waals surface area contributed by atoms with Gasteiger partial charge in [-0.15, -0.1) is 5.50 Å². The normalized spacial score (nSPS) is 13.9. The number of hydrogen-bond acceptors (Lipinski definition) is 4. The molecule has 26 heavy (non-hydrogen) atoms. The van der Waals surface area contributed by atoms with E-state index >= 15 is 0 Å². The van der Waals surface area contributed by atoms with Crippen molar-refractivity contribution in [2.75, 3.05) is 20.3 Å². The van der Waals surface area contributed by atoms with Crippen LogP contribution in [0.15, 0.2) is 36.5 Å². The van der Waals surface area contributed by atoms with E-state index in [0.717, 1.165) is 34.8 Å². The van der Waals surface area contributed by atoms with Gasteiger partial charge in [-0.2, -0.15) is 11.4 Å². The van der Waals surface area contributed by atoms with E-state index in [-0.39, 0.29) is 37.7 Å². The topological polar surface area (TPSA) is 76.6 Å². The number of pyridine rings is 1. The second kappa shape index (κ2) is 10.5. The standard InChI is InChI=1S/C18H21N3O3S.Ca/c1-13-16(19-9-8-17(13)24-11-5-10-23-2)12-25(22)18-20-14-6-3-4-7-15(14)21-18;/h3-4,6-9,18H,5,10-12H2,1-2H3;/q-2;+2. The Morgan fingerprint density at radius 1 is 1.15 bits per heavy atom. The number of benzene rings is 1. The van der Waals surface area contributed by atoms with E-state index < -0.39 is 16.3 Å². The van der Waals surface area contributed by atoms with Gasteiger partial charge in [0.1, 0.15) is 5.75 Å². The van der Waals surface area contributed by atoms with Crippen molar-refractivity contribution < 1.29 is 13.7 Å². The summed E-state index contributed by atoms with van der Waals surface area (Å²) in [5.41, 5.74) is 2.68. The SMILES string of the molecule is COCCCOc1ccnc(CS(=O)C2[N-]c3ccccc3[N-]2)c1C.[Ca+2]. The molecule has 1 atom stereocenters. The summed E-state index contributed by atoms with van der Waals surface area (Å²) >= 11 is 0. The third-order valence-corrected chi connectivity index (χ3v) is 5.14. The number of ether oxygens (including phenoxy) is 2. The molecule has 0 saturated heterocycles. The Morgan fingerprint density at radius 2 is 1.85 bits per heavy atom. The minimum absolute atomic E-state index is 0. The molecule has 2 aromatic rings. The van der Waals surface area contributed by atoms with Crippen LogP contribution in [0.4, 0.5) is 11.4 Å². The molecular formula is C18H21CaN3O3S. The van der Waals surface area contributed by atoms with Crippen molar-refractivity contribution in [1.29, 1.82) is 0 Å². The second-order valence-corrected chi connectivity index (χ2v) is 7.15. The fraction of sp³-hybridized carbons (Fsp3) is 0.389. The van der Waals surface area contributed by atoms with Gasteiger partial charge in [-0.1, -0.05) is 24.3 Å². The van der Waals surface area contributed by atoms with Gasteiger partial charge in [0, 0.05) is 31.9 Å². The van der Waals surface area contributed by atoms with Crippen molar-refractivity contribution in [3.63, 3.8) is 0 Å². The molecule has 2 heterocycles. The predicted molar refractivity (Wildman–Crippen MR) is 105 cm³/mol. The first-order valence-corrected chi connectivity index (χ1v) is 9.51. The van der Waals surface area contributed by atoms with Gasteiger partial charge < -0.3 is 20.1 Å². The van der Waals surface area contributed by atoms with Gasteiger partial charge in [0.15, 0.2) is 0 Å². The summed E-state index contributed by atoms with van der Waals surface area (Å²) in [6.45, 7) is 3.17. The molecule has 1 aliphatic rings. The van der Waals surface area contributed by atoms with Crippen LogP contribution in [0.5, 0.6) is 5.75 Å². The quantitative estimate of drug-likeness (QED) is 0.501. The van der Waals surface area contributed by atoms with Crippen LogP contribution in [0.2, 0.25) is 0 Å². The molecule has 1 unspecified atom stereocenters. The Kier molecular flexibility index (Phi) is 8.63. The Labute approximate surface area is 186 Å². The molecule has 0 aliphatic carbocycles. The number of aromatic nitrogens is 1. The van der Waals surface area contributed by atoms with E-state index in [9.17, 15) is 4.21 Å². The molecule has 0 N–H and O–H groups in total. The fourth-order valence-corrected chi connectivity index (χ4v) is 3.69. The van der Waals surface area contributed by atoms with E-state index in [2.05, 4.69) is 15.6 Å². The van der Waals surface area contributed by atoms with E-state index in [1.807, 2.05) is 37.3 Å². The van der Waals surface area contributed by atoms with Gasteiger partial charge in [0.25, 0.3) is 0 Å². The number of hydrogen-bond donors (Lipinski definition) is 0. The number of nitrogens with zero attached hydrogens (tertiary/aromatic N) is 3. The average molecular weight is 400 g/mol. The smallest absolute Gasteiger partial charge is 0.688 e. The molecule has 1 aliphatic heterocycles. The van der Waals surface area contributed by atoms with Crippen LogP contribution >= 0.6 is 0 Å². The molecule has 6 nitrogen and oxygen atoms in total. The summed E-state index contributed by atoms with van der Waals surface area (Å²) in [6, 6.07) is 9.40. The van der Waals surface area contributed by atoms with Gasteiger partial charge >= 0.3 is 37.7 Å². The van der Waals surface area contributed by atoms with Gasteiger partial charge in [0.2, 0.25) is 0 Å². The number of fused-ring (bicyclic) bond motifs is 1. The molecule has 1 aromatic heterocycles. The predicted octanol–water partition coefficient (Wildman–Crippen LogP) is 3.68. The minimum Gasteiger partial charge on any atom is -0.688 e. The van der Waals surface area contributed by atoms with Gasteiger partial charge in [0.05, 0.1) is 18.1 Å². The summed E-state index contributed by atoms with van der Waals surface area (Å²) in [4.78, 5) is 4.36. The maximum absolute atomic E-state index is 12.7. The van der Waals surface area contributed by atoms with E-state index in [1.165, 1.54) is 0 Å². The van der Waals surface area contributed by atoms with Crippen LogP contribution in [0.25, 0.3) is 10.6 Å². The van der Waals surface area contributed by atoms with Crippen LogP contribution in [0.1, 0.15) is 17.7 Å². The van der Waals surface area contributed by atoms with E-state index in [0.29, 0.717) is 19.0 Å². The zero-order valence-electron chi connectivity index (χ0n) is 15.1. The average Bonchev–Trinajstić information content (AvgIpc) is 3.06. The maximum Gasteiger partial charge on any atom is 2.00 e. The van der Waals surface area contributed by atoms with Crippen molar-refractivity contribution in [1.82, 2.24) is 4.98 Å². The minimum atomic E-state index is -1.27. The first-order chi connectivity index (χ1) is 12.2. The zero-order chi connectivity index (χ0) is 17.6. The molecule has 8 heteroatoms. The van der Waals surface area contributed by atoms with Crippen LogP contribution in [-0.4, -0.2) is 72.8 Å². The first kappa shape index (κ1) is 21.4. The molecule has 134 valence electrons. The Balaban J connectivity index is 0.00000243. The largest absolute Gasteiger partial charge is 2.00 e. The van der Waals surface area contributed by atoms with Crippen molar-refractivity contribution >= 4 is 59.9 Å². The third-order valence-electron chi connectivity index (χ3n) is 3.90. The Morgan fingerprint density at radius 3 is 2.50 bits per heavy atom. The second-order valence-electron chi connectivity index (χ2n) is 5.67. The van der Waals surface area contributed by atoms with Crippen molar-refractivity contribution in [3.05, 3.63) is 58.4 Å². The summed E-state index contributed by atoms with van der Waals surface area (Å²) in [5.74, 6) is 1.06. The molecule has 1 aromatic carbocycles. The summed E-state index contributed by atoms with van der Waals surface area (Å²) in [7, 11) is 0.398. The molecule has 0 spiro atoms. The van der Waals surface area contributed by atoms with Crippen LogP contribution < -0.4 is 4.74 Å². The summed E-state index contributed by atoms with van der Waals surface area (Å²) < 4.78 is 23.5. The number of rotatable bonds is 8. The Bertz CT molecular complexity index is 735. The number of methoxy groups -OCH3 is 1. The summed E-state index contributed by atoms with van der Waals surface area (Å²) in [5, 5.41) is 8.86. The zero-order valence-corrected chi connectivity index (χ0v) is 18.1. The molecule has 3 rings (SSSR count). The third kappa shape index (κ3) is 5.33. The van der Waals surface area contributed by atoms with Crippen molar-refractivity contribution in [2.45, 2.75) is 24.6 Å².